The van der Waals surface area contributed by atoms with E-state index in [-0.39, 0.29) is 17.7 Å². The third kappa shape index (κ3) is 3.02. The Labute approximate surface area is 131 Å². The monoisotopic (exact) mass is 321 g/mol. The number of phenols is 1. The summed E-state index contributed by atoms with van der Waals surface area (Å²) in [5.41, 5.74) is 0.436. The van der Waals surface area contributed by atoms with Gasteiger partial charge in [-0.2, -0.15) is 13.2 Å². The molecule has 2 aromatic carbocycles. The first-order valence-corrected chi connectivity index (χ1v) is 7.14. The number of hydrogen-bond acceptors (Lipinski definition) is 2. The number of aromatic hydroxyl groups is 1. The Morgan fingerprint density at radius 3 is 2.39 bits per heavy atom. The molecule has 120 valence electrons. The van der Waals surface area contributed by atoms with Crippen LogP contribution in [-0.2, 0) is 11.0 Å². The summed E-state index contributed by atoms with van der Waals surface area (Å²) < 4.78 is 38.0. The van der Waals surface area contributed by atoms with Gasteiger partial charge in [0.15, 0.2) is 0 Å². The van der Waals surface area contributed by atoms with Crippen molar-refractivity contribution in [3.05, 3.63) is 59.7 Å². The van der Waals surface area contributed by atoms with Crippen LogP contribution >= 0.6 is 0 Å². The summed E-state index contributed by atoms with van der Waals surface area (Å²) >= 11 is 0. The van der Waals surface area contributed by atoms with Crippen molar-refractivity contribution in [1.29, 1.82) is 0 Å². The Hall–Kier alpha value is -2.50. The topological polar surface area (TPSA) is 40.5 Å². The number of amides is 1. The second-order valence-corrected chi connectivity index (χ2v) is 5.46. The quantitative estimate of drug-likeness (QED) is 0.897. The van der Waals surface area contributed by atoms with E-state index in [4.69, 9.17) is 0 Å². The first-order valence-electron chi connectivity index (χ1n) is 7.14. The maximum absolute atomic E-state index is 12.7. The van der Waals surface area contributed by atoms with Gasteiger partial charge in [0.05, 0.1) is 11.6 Å². The fraction of sp³-hybridized carbons (Fsp3) is 0.235. The van der Waals surface area contributed by atoms with E-state index in [9.17, 15) is 23.1 Å². The van der Waals surface area contributed by atoms with Gasteiger partial charge < -0.3 is 10.0 Å². The molecule has 1 aliphatic rings. The molecule has 3 rings (SSSR count). The molecule has 0 radical (unpaired) electrons. The minimum absolute atomic E-state index is 0.0919. The number of carbonyl (C=O) groups is 1. The van der Waals surface area contributed by atoms with Crippen LogP contribution in [0.25, 0.3) is 0 Å². The van der Waals surface area contributed by atoms with Crippen LogP contribution in [0.2, 0.25) is 0 Å². The molecule has 1 amide bonds. The minimum atomic E-state index is -4.40. The van der Waals surface area contributed by atoms with Crippen LogP contribution in [-0.4, -0.2) is 11.0 Å². The number of rotatable bonds is 2. The summed E-state index contributed by atoms with van der Waals surface area (Å²) in [6.07, 6.45) is -3.52. The number of phenolic OH excluding ortho intramolecular Hbond substituents is 1. The Morgan fingerprint density at radius 2 is 1.78 bits per heavy atom. The Balaban J connectivity index is 1.94. The molecule has 1 saturated heterocycles. The highest BCUT2D eigenvalue weighted by Gasteiger charge is 2.35. The van der Waals surface area contributed by atoms with E-state index in [1.165, 1.54) is 23.1 Å². The fourth-order valence-corrected chi connectivity index (χ4v) is 2.87. The van der Waals surface area contributed by atoms with Crippen molar-refractivity contribution in [2.24, 2.45) is 0 Å². The number of alkyl halides is 3. The normalized spacial score (nSPS) is 18.5. The smallest absolute Gasteiger partial charge is 0.416 e. The van der Waals surface area contributed by atoms with Gasteiger partial charge in [-0.05, 0) is 48.4 Å². The van der Waals surface area contributed by atoms with Crippen LogP contribution < -0.4 is 4.90 Å². The zero-order valence-electron chi connectivity index (χ0n) is 12.0. The Kier molecular flexibility index (Phi) is 3.75. The zero-order valence-corrected chi connectivity index (χ0v) is 12.0. The van der Waals surface area contributed by atoms with Crippen LogP contribution in [0.4, 0.5) is 18.9 Å². The third-order valence-electron chi connectivity index (χ3n) is 3.94. The fourth-order valence-electron chi connectivity index (χ4n) is 2.87. The lowest BCUT2D eigenvalue weighted by Gasteiger charge is -2.25. The number of halogens is 3. The summed E-state index contributed by atoms with van der Waals surface area (Å²) in [5.74, 6) is -0.0488. The summed E-state index contributed by atoms with van der Waals surface area (Å²) in [5, 5.41) is 9.59. The van der Waals surface area contributed by atoms with Crippen molar-refractivity contribution in [3.8, 4) is 5.75 Å². The lowest BCUT2D eigenvalue weighted by Crippen LogP contribution is -2.27. The number of anilines is 1. The maximum atomic E-state index is 12.7. The lowest BCUT2D eigenvalue weighted by atomic mass is 10.0. The highest BCUT2D eigenvalue weighted by Crippen LogP contribution is 2.39. The molecule has 1 atom stereocenters. The molecule has 0 aromatic heterocycles. The largest absolute Gasteiger partial charge is 0.508 e. The summed E-state index contributed by atoms with van der Waals surface area (Å²) in [4.78, 5) is 13.7. The van der Waals surface area contributed by atoms with Gasteiger partial charge in [0.2, 0.25) is 5.91 Å². The van der Waals surface area contributed by atoms with Gasteiger partial charge in [0.1, 0.15) is 5.75 Å². The molecular formula is C17H14F3NO2. The molecule has 0 aliphatic carbocycles. The van der Waals surface area contributed by atoms with Gasteiger partial charge >= 0.3 is 6.18 Å². The number of nitrogens with zero attached hydrogens (tertiary/aromatic N) is 1. The first kappa shape index (κ1) is 15.4. The molecule has 0 saturated carbocycles. The molecule has 1 fully saturated rings. The molecule has 0 spiro atoms. The van der Waals surface area contributed by atoms with Gasteiger partial charge in [-0.25, -0.2) is 0 Å². The predicted octanol–water partition coefficient (Wildman–Crippen LogP) is 4.28. The number of carbonyl (C=O) groups excluding carboxylic acids is 1. The molecule has 3 nitrogen and oxygen atoms in total. The van der Waals surface area contributed by atoms with Crippen molar-refractivity contribution in [2.75, 3.05) is 4.90 Å². The standard InChI is InChI=1S/C17H14F3NO2/c18-17(19,20)12-4-6-13(7-5-12)21-15(8-9-16(21)23)11-2-1-3-14(22)10-11/h1-7,10,15,22H,8-9H2. The summed E-state index contributed by atoms with van der Waals surface area (Å²) in [6.45, 7) is 0. The van der Waals surface area contributed by atoms with Gasteiger partial charge in [-0.3, -0.25) is 4.79 Å². The van der Waals surface area contributed by atoms with E-state index in [0.29, 0.717) is 18.5 Å². The predicted molar refractivity (Wildman–Crippen MR) is 79.0 cm³/mol. The summed E-state index contributed by atoms with van der Waals surface area (Å²) in [6, 6.07) is 10.8. The van der Waals surface area contributed by atoms with Gasteiger partial charge in [0.25, 0.3) is 0 Å². The highest BCUT2D eigenvalue weighted by atomic mass is 19.4. The molecular weight excluding hydrogens is 307 g/mol. The summed E-state index contributed by atoms with van der Waals surface area (Å²) in [7, 11) is 0. The molecule has 1 unspecified atom stereocenters. The van der Waals surface area contributed by atoms with Gasteiger partial charge in [-0.1, -0.05) is 12.1 Å². The highest BCUT2D eigenvalue weighted by molar-refractivity contribution is 5.96. The molecule has 23 heavy (non-hydrogen) atoms. The Bertz CT molecular complexity index is 725. The molecule has 2 aromatic rings. The third-order valence-corrected chi connectivity index (χ3v) is 3.94. The molecule has 0 bridgehead atoms. The first-order chi connectivity index (χ1) is 10.9. The number of hydrogen-bond donors (Lipinski definition) is 1. The molecule has 6 heteroatoms. The van der Waals surface area contributed by atoms with Gasteiger partial charge in [-0.15, -0.1) is 0 Å². The van der Waals surface area contributed by atoms with Crippen LogP contribution in [0.3, 0.4) is 0 Å². The maximum Gasteiger partial charge on any atom is 0.416 e. The second-order valence-electron chi connectivity index (χ2n) is 5.46. The van der Waals surface area contributed by atoms with Crippen molar-refractivity contribution in [1.82, 2.24) is 0 Å². The van der Waals surface area contributed by atoms with E-state index >= 15 is 0 Å². The van der Waals surface area contributed by atoms with Crippen molar-refractivity contribution in [2.45, 2.75) is 25.1 Å². The van der Waals surface area contributed by atoms with E-state index in [1.807, 2.05) is 0 Å². The van der Waals surface area contributed by atoms with Crippen molar-refractivity contribution in [3.63, 3.8) is 0 Å². The van der Waals surface area contributed by atoms with E-state index in [0.717, 1.165) is 17.7 Å². The van der Waals surface area contributed by atoms with Crippen LogP contribution in [0.1, 0.15) is 30.0 Å². The van der Waals surface area contributed by atoms with E-state index in [2.05, 4.69) is 0 Å². The van der Waals surface area contributed by atoms with Gasteiger partial charge in [0, 0.05) is 12.1 Å². The van der Waals surface area contributed by atoms with E-state index < -0.39 is 11.7 Å². The SMILES string of the molecule is O=C1CCC(c2cccc(O)c2)N1c1ccc(C(F)(F)F)cc1. The zero-order chi connectivity index (χ0) is 16.6. The average Bonchev–Trinajstić information content (AvgIpc) is 2.88. The van der Waals surface area contributed by atoms with Crippen LogP contribution in [0.5, 0.6) is 5.75 Å². The Morgan fingerprint density at radius 1 is 1.09 bits per heavy atom. The van der Waals surface area contributed by atoms with E-state index in [1.54, 1.807) is 18.2 Å². The minimum Gasteiger partial charge on any atom is -0.508 e. The van der Waals surface area contributed by atoms with Crippen LogP contribution in [0, 0.1) is 0 Å². The number of benzene rings is 2. The average molecular weight is 321 g/mol. The molecule has 1 N–H and O–H groups in total. The lowest BCUT2D eigenvalue weighted by molar-refractivity contribution is -0.137. The molecule has 1 heterocycles. The van der Waals surface area contributed by atoms with Crippen molar-refractivity contribution < 1.29 is 23.1 Å². The second kappa shape index (κ2) is 5.61. The van der Waals surface area contributed by atoms with Crippen LogP contribution in [0.15, 0.2) is 48.5 Å². The van der Waals surface area contributed by atoms with Crippen molar-refractivity contribution >= 4 is 11.6 Å². The molecule has 1 aliphatic heterocycles.